The van der Waals surface area contributed by atoms with Crippen molar-refractivity contribution in [2.24, 2.45) is 0 Å². The van der Waals surface area contributed by atoms with Gasteiger partial charge in [-0.3, -0.25) is 4.79 Å². The highest BCUT2D eigenvalue weighted by atomic mass is 16.3. The molecule has 1 heterocycles. The average Bonchev–Trinajstić information content (AvgIpc) is 2.94. The van der Waals surface area contributed by atoms with Crippen LogP contribution in [-0.2, 0) is 0 Å². The summed E-state index contributed by atoms with van der Waals surface area (Å²) >= 11 is 0. The van der Waals surface area contributed by atoms with E-state index in [1.807, 2.05) is 30.3 Å². The van der Waals surface area contributed by atoms with Gasteiger partial charge in [0.05, 0.1) is 18.0 Å². The number of carbonyl (C=O) groups is 1. The van der Waals surface area contributed by atoms with E-state index in [9.17, 15) is 4.79 Å². The molecule has 0 saturated heterocycles. The van der Waals surface area contributed by atoms with Gasteiger partial charge in [0.15, 0.2) is 5.69 Å². The van der Waals surface area contributed by atoms with Crippen molar-refractivity contribution < 1.29 is 9.90 Å². The first kappa shape index (κ1) is 14.2. The van der Waals surface area contributed by atoms with Crippen molar-refractivity contribution in [2.75, 3.05) is 6.54 Å². The van der Waals surface area contributed by atoms with E-state index in [1.165, 1.54) is 0 Å². The predicted octanol–water partition coefficient (Wildman–Crippen LogP) is 1.16. The van der Waals surface area contributed by atoms with E-state index in [1.54, 1.807) is 17.8 Å². The topological polar surface area (TPSA) is 80.0 Å². The summed E-state index contributed by atoms with van der Waals surface area (Å²) in [5.41, 5.74) is 1.14. The molecule has 1 aromatic carbocycles. The number of para-hydroxylation sites is 1. The Hall–Kier alpha value is -2.21. The third-order valence-corrected chi connectivity index (χ3v) is 2.83. The number of aromatic nitrogens is 3. The lowest BCUT2D eigenvalue weighted by molar-refractivity contribution is 0.0944. The Morgan fingerprint density at radius 3 is 2.85 bits per heavy atom. The molecule has 1 atom stereocenters. The molecule has 0 spiro atoms. The first-order valence-electron chi connectivity index (χ1n) is 6.61. The summed E-state index contributed by atoms with van der Waals surface area (Å²) in [5.74, 6) is -0.252. The van der Waals surface area contributed by atoms with Crippen molar-refractivity contribution in [3.05, 3.63) is 42.2 Å². The van der Waals surface area contributed by atoms with Crippen molar-refractivity contribution in [1.82, 2.24) is 20.3 Å². The number of aliphatic hydroxyl groups is 1. The Morgan fingerprint density at radius 1 is 1.40 bits per heavy atom. The highest BCUT2D eigenvalue weighted by Gasteiger charge is 2.10. The van der Waals surface area contributed by atoms with E-state index >= 15 is 0 Å². The lowest BCUT2D eigenvalue weighted by atomic mass is 10.2. The average molecular weight is 274 g/mol. The number of nitrogens with zero attached hydrogens (tertiary/aromatic N) is 3. The van der Waals surface area contributed by atoms with Gasteiger partial charge in [0.25, 0.3) is 5.91 Å². The summed E-state index contributed by atoms with van der Waals surface area (Å²) in [6.07, 6.45) is 2.65. The zero-order chi connectivity index (χ0) is 14.4. The van der Waals surface area contributed by atoms with Crippen LogP contribution >= 0.6 is 0 Å². The monoisotopic (exact) mass is 274 g/mol. The molecule has 20 heavy (non-hydrogen) atoms. The van der Waals surface area contributed by atoms with Crippen LogP contribution in [0.4, 0.5) is 0 Å². The summed E-state index contributed by atoms with van der Waals surface area (Å²) in [6.45, 7) is 2.25. The van der Waals surface area contributed by atoms with Crippen LogP contribution in [0.2, 0.25) is 0 Å². The van der Waals surface area contributed by atoms with Crippen LogP contribution in [0.1, 0.15) is 30.3 Å². The van der Waals surface area contributed by atoms with Crippen molar-refractivity contribution in [2.45, 2.75) is 25.9 Å². The normalized spacial score (nSPS) is 12.1. The Bertz CT molecular complexity index is 551. The lowest BCUT2D eigenvalue weighted by Crippen LogP contribution is -2.25. The van der Waals surface area contributed by atoms with Crippen molar-refractivity contribution in [3.63, 3.8) is 0 Å². The zero-order valence-electron chi connectivity index (χ0n) is 11.4. The molecule has 6 heteroatoms. The molecule has 106 valence electrons. The summed E-state index contributed by atoms with van der Waals surface area (Å²) in [6, 6.07) is 9.48. The largest absolute Gasteiger partial charge is 0.393 e. The van der Waals surface area contributed by atoms with Crippen molar-refractivity contribution in [1.29, 1.82) is 0 Å². The van der Waals surface area contributed by atoms with Gasteiger partial charge in [0, 0.05) is 6.54 Å². The van der Waals surface area contributed by atoms with Gasteiger partial charge in [-0.1, -0.05) is 23.4 Å². The SMILES string of the molecule is CC(O)CCCNC(=O)c1cn(-c2ccccc2)nn1. The van der Waals surface area contributed by atoms with Gasteiger partial charge in [0.1, 0.15) is 0 Å². The second kappa shape index (κ2) is 6.81. The number of nitrogens with one attached hydrogen (secondary N) is 1. The maximum atomic E-state index is 11.8. The smallest absolute Gasteiger partial charge is 0.273 e. The predicted molar refractivity (Wildman–Crippen MR) is 74.6 cm³/mol. The molecule has 1 aromatic heterocycles. The molecule has 2 N–H and O–H groups in total. The van der Waals surface area contributed by atoms with Crippen LogP contribution in [0.3, 0.4) is 0 Å². The van der Waals surface area contributed by atoms with Gasteiger partial charge in [-0.2, -0.15) is 0 Å². The molecular weight excluding hydrogens is 256 g/mol. The Kier molecular flexibility index (Phi) is 4.84. The molecule has 1 amide bonds. The molecule has 0 fully saturated rings. The highest BCUT2D eigenvalue weighted by molar-refractivity contribution is 5.91. The van der Waals surface area contributed by atoms with Crippen molar-refractivity contribution in [3.8, 4) is 5.69 Å². The molecule has 0 bridgehead atoms. The van der Waals surface area contributed by atoms with E-state index in [0.717, 1.165) is 12.1 Å². The molecule has 0 aliphatic carbocycles. The second-order valence-corrected chi connectivity index (χ2v) is 4.63. The Labute approximate surface area is 117 Å². The standard InChI is InChI=1S/C14H18N4O2/c1-11(19)6-5-9-15-14(20)13-10-18(17-16-13)12-7-3-2-4-8-12/h2-4,7-8,10-11,19H,5-6,9H2,1H3,(H,15,20). The van der Waals surface area contributed by atoms with Gasteiger partial charge in [-0.25, -0.2) is 4.68 Å². The minimum absolute atomic E-state index is 0.252. The van der Waals surface area contributed by atoms with Crippen LogP contribution in [0.15, 0.2) is 36.5 Å². The fourth-order valence-electron chi connectivity index (χ4n) is 1.76. The second-order valence-electron chi connectivity index (χ2n) is 4.63. The summed E-state index contributed by atoms with van der Waals surface area (Å²) in [4.78, 5) is 11.8. The van der Waals surface area contributed by atoms with E-state index in [2.05, 4.69) is 15.6 Å². The number of aliphatic hydroxyl groups excluding tert-OH is 1. The van der Waals surface area contributed by atoms with Crippen LogP contribution < -0.4 is 5.32 Å². The maximum absolute atomic E-state index is 11.8. The minimum Gasteiger partial charge on any atom is -0.393 e. The van der Waals surface area contributed by atoms with Gasteiger partial charge >= 0.3 is 0 Å². The van der Waals surface area contributed by atoms with Crippen LogP contribution in [0, 0.1) is 0 Å². The molecule has 1 unspecified atom stereocenters. The number of hydrogen-bond acceptors (Lipinski definition) is 4. The van der Waals surface area contributed by atoms with E-state index in [4.69, 9.17) is 5.11 Å². The van der Waals surface area contributed by atoms with Crippen LogP contribution in [0.25, 0.3) is 5.69 Å². The molecule has 0 radical (unpaired) electrons. The number of carbonyl (C=O) groups excluding carboxylic acids is 1. The van der Waals surface area contributed by atoms with E-state index in [-0.39, 0.29) is 17.7 Å². The van der Waals surface area contributed by atoms with Gasteiger partial charge < -0.3 is 10.4 Å². The molecule has 0 aliphatic heterocycles. The van der Waals surface area contributed by atoms with Crippen molar-refractivity contribution >= 4 is 5.91 Å². The van der Waals surface area contributed by atoms with Gasteiger partial charge in [-0.15, -0.1) is 5.10 Å². The lowest BCUT2D eigenvalue weighted by Gasteiger charge is -2.04. The molecule has 6 nitrogen and oxygen atoms in total. The third kappa shape index (κ3) is 3.89. The first-order valence-corrected chi connectivity index (χ1v) is 6.61. The van der Waals surface area contributed by atoms with E-state index in [0.29, 0.717) is 13.0 Å². The zero-order valence-corrected chi connectivity index (χ0v) is 11.4. The number of benzene rings is 1. The fraction of sp³-hybridized carbons (Fsp3) is 0.357. The number of rotatable bonds is 6. The maximum Gasteiger partial charge on any atom is 0.273 e. The highest BCUT2D eigenvalue weighted by Crippen LogP contribution is 2.05. The number of amides is 1. The molecule has 0 aliphatic rings. The van der Waals surface area contributed by atoms with Gasteiger partial charge in [0.2, 0.25) is 0 Å². The fourth-order valence-corrected chi connectivity index (χ4v) is 1.76. The summed E-state index contributed by atoms with van der Waals surface area (Å²) in [7, 11) is 0. The quantitative estimate of drug-likeness (QED) is 0.775. The minimum atomic E-state index is -0.342. The van der Waals surface area contributed by atoms with Gasteiger partial charge in [-0.05, 0) is 31.9 Å². The van der Waals surface area contributed by atoms with Crippen LogP contribution in [0.5, 0.6) is 0 Å². The molecule has 2 rings (SSSR count). The summed E-state index contributed by atoms with van der Waals surface area (Å²) < 4.78 is 1.56. The molecular formula is C14H18N4O2. The summed E-state index contributed by atoms with van der Waals surface area (Å²) in [5, 5.41) is 19.7. The van der Waals surface area contributed by atoms with E-state index < -0.39 is 0 Å². The Morgan fingerprint density at radius 2 is 2.15 bits per heavy atom. The third-order valence-electron chi connectivity index (χ3n) is 2.83. The molecule has 2 aromatic rings. The molecule has 0 saturated carbocycles. The van der Waals surface area contributed by atoms with Crippen LogP contribution in [-0.4, -0.2) is 38.7 Å². The Balaban J connectivity index is 1.90. The first-order chi connectivity index (χ1) is 9.66. The number of hydrogen-bond donors (Lipinski definition) is 2.